The SMILES string of the molecule is COC(=O)c1cccc(-n2cccc2[C@@H]2[C@@H](c3ccccn3)NC(=S)N2CCC(=O)Nc2ccccc2C)c1. The highest BCUT2D eigenvalue weighted by atomic mass is 32.1. The molecular formula is C30H29N5O3S. The van der Waals surface area contributed by atoms with Gasteiger partial charge in [0.2, 0.25) is 5.91 Å². The maximum Gasteiger partial charge on any atom is 0.337 e. The van der Waals surface area contributed by atoms with E-state index in [1.54, 1.807) is 18.3 Å². The molecule has 2 N–H and O–H groups in total. The average molecular weight is 540 g/mol. The molecule has 1 fully saturated rings. The van der Waals surface area contributed by atoms with Crippen molar-refractivity contribution < 1.29 is 14.3 Å². The van der Waals surface area contributed by atoms with Gasteiger partial charge in [-0.2, -0.15) is 0 Å². The lowest BCUT2D eigenvalue weighted by Gasteiger charge is -2.29. The number of ether oxygens (including phenoxy) is 1. The Hall–Kier alpha value is -4.50. The second-order valence-electron chi connectivity index (χ2n) is 9.28. The van der Waals surface area contributed by atoms with Crippen molar-refractivity contribution in [1.82, 2.24) is 19.8 Å². The molecule has 0 bridgehead atoms. The number of nitrogens with one attached hydrogen (secondary N) is 2. The fourth-order valence-electron chi connectivity index (χ4n) is 4.89. The highest BCUT2D eigenvalue weighted by Gasteiger charge is 2.41. The van der Waals surface area contributed by atoms with Gasteiger partial charge >= 0.3 is 5.97 Å². The van der Waals surface area contributed by atoms with E-state index in [9.17, 15) is 9.59 Å². The summed E-state index contributed by atoms with van der Waals surface area (Å²) in [6.45, 7) is 2.37. The maximum atomic E-state index is 12.9. The summed E-state index contributed by atoms with van der Waals surface area (Å²) in [5, 5.41) is 7.00. The smallest absolute Gasteiger partial charge is 0.337 e. The number of amides is 1. The van der Waals surface area contributed by atoms with Gasteiger partial charge < -0.3 is 24.8 Å². The fourth-order valence-corrected chi connectivity index (χ4v) is 5.22. The standard InChI is InChI=1S/C30H29N5O3S/c1-20-9-3-4-12-23(20)32-26(36)15-18-35-28(27(33-30(35)39)24-13-5-6-16-31-24)25-14-8-17-34(25)22-11-7-10-21(19-22)29(37)38-2/h3-14,16-17,19,27-28H,15,18H2,1-2H3,(H,32,36)(H,33,39)/t27-,28-/m1/s1. The van der Waals surface area contributed by atoms with Gasteiger partial charge in [-0.15, -0.1) is 0 Å². The number of benzene rings is 2. The Balaban J connectivity index is 1.46. The Morgan fingerprint density at radius 1 is 1.05 bits per heavy atom. The van der Waals surface area contributed by atoms with E-state index < -0.39 is 5.97 Å². The Kier molecular flexibility index (Phi) is 7.69. The first-order valence-corrected chi connectivity index (χ1v) is 13.1. The molecule has 0 spiro atoms. The number of pyridine rings is 1. The van der Waals surface area contributed by atoms with Gasteiger partial charge in [-0.25, -0.2) is 4.79 Å². The van der Waals surface area contributed by atoms with Crippen molar-refractivity contribution in [3.8, 4) is 5.69 Å². The zero-order valence-electron chi connectivity index (χ0n) is 21.7. The van der Waals surface area contributed by atoms with Crippen LogP contribution in [0.4, 0.5) is 5.69 Å². The van der Waals surface area contributed by atoms with Crippen molar-refractivity contribution in [2.24, 2.45) is 0 Å². The van der Waals surface area contributed by atoms with E-state index in [1.807, 2.05) is 89.3 Å². The van der Waals surface area contributed by atoms with E-state index in [2.05, 4.69) is 15.6 Å². The molecule has 0 saturated carbocycles. The maximum absolute atomic E-state index is 12.9. The van der Waals surface area contributed by atoms with Gasteiger partial charge in [0.15, 0.2) is 5.11 Å². The zero-order chi connectivity index (χ0) is 27.4. The second-order valence-corrected chi connectivity index (χ2v) is 9.66. The third-order valence-corrected chi connectivity index (χ3v) is 7.18. The predicted molar refractivity (Wildman–Crippen MR) is 154 cm³/mol. The van der Waals surface area contributed by atoms with Crippen molar-refractivity contribution >= 4 is 34.9 Å². The number of para-hydroxylation sites is 1. The van der Waals surface area contributed by atoms with Gasteiger partial charge in [-0.1, -0.05) is 30.3 Å². The monoisotopic (exact) mass is 539 g/mol. The predicted octanol–water partition coefficient (Wildman–Crippen LogP) is 4.97. The van der Waals surface area contributed by atoms with E-state index in [1.165, 1.54) is 7.11 Å². The molecule has 5 rings (SSSR count). The molecular weight excluding hydrogens is 510 g/mol. The quantitative estimate of drug-likeness (QED) is 0.241. The number of anilines is 1. The highest BCUT2D eigenvalue weighted by molar-refractivity contribution is 7.80. The van der Waals surface area contributed by atoms with Crippen LogP contribution in [0.15, 0.2) is 91.3 Å². The molecule has 0 unspecified atom stereocenters. The molecule has 1 aliphatic rings. The molecule has 198 valence electrons. The van der Waals surface area contributed by atoms with Crippen LogP contribution in [0.3, 0.4) is 0 Å². The number of aromatic nitrogens is 2. The van der Waals surface area contributed by atoms with Crippen molar-refractivity contribution in [2.75, 3.05) is 19.0 Å². The van der Waals surface area contributed by atoms with Crippen molar-refractivity contribution in [2.45, 2.75) is 25.4 Å². The molecule has 8 nitrogen and oxygen atoms in total. The minimum absolute atomic E-state index is 0.0895. The van der Waals surface area contributed by atoms with Crippen LogP contribution >= 0.6 is 12.2 Å². The van der Waals surface area contributed by atoms with E-state index in [0.717, 1.165) is 28.3 Å². The molecule has 1 saturated heterocycles. The van der Waals surface area contributed by atoms with Crippen LogP contribution in [0.1, 0.15) is 45.8 Å². The summed E-state index contributed by atoms with van der Waals surface area (Å²) in [4.78, 5) is 31.8. The lowest BCUT2D eigenvalue weighted by atomic mass is 10.0. The lowest BCUT2D eigenvalue weighted by molar-refractivity contribution is -0.116. The molecule has 0 radical (unpaired) electrons. The molecule has 39 heavy (non-hydrogen) atoms. The number of rotatable bonds is 8. The summed E-state index contributed by atoms with van der Waals surface area (Å²) in [6, 6.07) is 24.3. The molecule has 2 aromatic heterocycles. The topological polar surface area (TPSA) is 88.5 Å². The van der Waals surface area contributed by atoms with Crippen LogP contribution in [-0.2, 0) is 9.53 Å². The van der Waals surface area contributed by atoms with Crippen molar-refractivity contribution in [1.29, 1.82) is 0 Å². The first-order chi connectivity index (χ1) is 19.0. The van der Waals surface area contributed by atoms with Crippen LogP contribution in [0.2, 0.25) is 0 Å². The Labute approximate surface area is 232 Å². The molecule has 4 aromatic rings. The molecule has 9 heteroatoms. The molecule has 0 aliphatic carbocycles. The fraction of sp³-hybridized carbons (Fsp3) is 0.200. The molecule has 3 heterocycles. The first-order valence-electron chi connectivity index (χ1n) is 12.7. The summed E-state index contributed by atoms with van der Waals surface area (Å²) in [7, 11) is 1.37. The molecule has 1 amide bonds. The highest BCUT2D eigenvalue weighted by Crippen LogP contribution is 2.39. The van der Waals surface area contributed by atoms with Gasteiger partial charge in [0.25, 0.3) is 0 Å². The second kappa shape index (κ2) is 11.5. The summed E-state index contributed by atoms with van der Waals surface area (Å²) in [6.07, 6.45) is 3.96. The Morgan fingerprint density at radius 3 is 2.64 bits per heavy atom. The minimum atomic E-state index is -0.401. The number of aryl methyl sites for hydroxylation is 1. The van der Waals surface area contributed by atoms with E-state index in [-0.39, 0.29) is 24.4 Å². The Bertz CT molecular complexity index is 1500. The molecule has 2 atom stereocenters. The van der Waals surface area contributed by atoms with E-state index in [0.29, 0.717) is 17.2 Å². The number of carbonyl (C=O) groups excluding carboxylic acids is 2. The van der Waals surface area contributed by atoms with Gasteiger partial charge in [0, 0.05) is 42.4 Å². The third-order valence-electron chi connectivity index (χ3n) is 6.83. The Morgan fingerprint density at radius 2 is 1.87 bits per heavy atom. The van der Waals surface area contributed by atoms with E-state index in [4.69, 9.17) is 17.0 Å². The number of carbonyl (C=O) groups is 2. The number of hydrogen-bond donors (Lipinski definition) is 2. The number of nitrogens with zero attached hydrogens (tertiary/aromatic N) is 3. The number of esters is 1. The van der Waals surface area contributed by atoms with Gasteiger partial charge in [0.1, 0.15) is 0 Å². The number of thiocarbonyl (C=S) groups is 1. The van der Waals surface area contributed by atoms with Crippen LogP contribution in [-0.4, -0.2) is 45.1 Å². The normalized spacial score (nSPS) is 16.6. The molecule has 2 aromatic carbocycles. The van der Waals surface area contributed by atoms with Crippen LogP contribution in [0.5, 0.6) is 0 Å². The van der Waals surface area contributed by atoms with Gasteiger partial charge in [-0.05, 0) is 73.2 Å². The van der Waals surface area contributed by atoms with Crippen LogP contribution < -0.4 is 10.6 Å². The van der Waals surface area contributed by atoms with Crippen molar-refractivity contribution in [3.05, 3.63) is 114 Å². The largest absolute Gasteiger partial charge is 0.465 e. The van der Waals surface area contributed by atoms with Crippen LogP contribution in [0.25, 0.3) is 5.69 Å². The summed E-state index contributed by atoms with van der Waals surface area (Å²) >= 11 is 5.79. The summed E-state index contributed by atoms with van der Waals surface area (Å²) in [5.74, 6) is -0.491. The first kappa shape index (κ1) is 26.1. The van der Waals surface area contributed by atoms with E-state index >= 15 is 0 Å². The van der Waals surface area contributed by atoms with Crippen molar-refractivity contribution in [3.63, 3.8) is 0 Å². The van der Waals surface area contributed by atoms with Gasteiger partial charge in [-0.3, -0.25) is 9.78 Å². The third kappa shape index (κ3) is 5.53. The van der Waals surface area contributed by atoms with Crippen LogP contribution in [0, 0.1) is 6.92 Å². The number of methoxy groups -OCH3 is 1. The average Bonchev–Trinajstić information content (AvgIpc) is 3.57. The minimum Gasteiger partial charge on any atom is -0.465 e. The molecule has 1 aliphatic heterocycles. The lowest BCUT2D eigenvalue weighted by Crippen LogP contribution is -2.33. The number of hydrogen-bond acceptors (Lipinski definition) is 5. The summed E-state index contributed by atoms with van der Waals surface area (Å²) in [5.41, 5.74) is 4.86. The zero-order valence-corrected chi connectivity index (χ0v) is 22.5. The summed E-state index contributed by atoms with van der Waals surface area (Å²) < 4.78 is 6.95. The van der Waals surface area contributed by atoms with Gasteiger partial charge in [0.05, 0.1) is 30.5 Å².